The molecule has 3 heteroatoms. The van der Waals surface area contributed by atoms with E-state index in [2.05, 4.69) is 30.7 Å². The van der Waals surface area contributed by atoms with Gasteiger partial charge < -0.3 is 9.88 Å². The van der Waals surface area contributed by atoms with Crippen molar-refractivity contribution in [1.29, 1.82) is 0 Å². The van der Waals surface area contributed by atoms with E-state index in [-0.39, 0.29) is 5.41 Å². The Morgan fingerprint density at radius 1 is 1.20 bits per heavy atom. The van der Waals surface area contributed by atoms with E-state index in [0.717, 1.165) is 37.4 Å². The smallest absolute Gasteiger partial charge is 0.114 e. The van der Waals surface area contributed by atoms with Crippen LogP contribution in [-0.2, 0) is 18.4 Å². The first-order valence-electron chi connectivity index (χ1n) is 8.35. The fourth-order valence-electron chi connectivity index (χ4n) is 4.75. The highest BCUT2D eigenvalue weighted by Gasteiger charge is 2.43. The van der Waals surface area contributed by atoms with Crippen molar-refractivity contribution in [2.75, 3.05) is 6.54 Å². The summed E-state index contributed by atoms with van der Waals surface area (Å²) in [5.41, 5.74) is 3.02. The van der Waals surface area contributed by atoms with Crippen LogP contribution >= 0.6 is 0 Å². The molecule has 1 N–H and O–H groups in total. The van der Waals surface area contributed by atoms with Crippen LogP contribution in [0.25, 0.3) is 0 Å². The predicted octanol–water partition coefficient (Wildman–Crippen LogP) is 3.19. The molecule has 1 aliphatic heterocycles. The molecule has 1 aromatic rings. The van der Waals surface area contributed by atoms with Crippen molar-refractivity contribution in [2.24, 2.45) is 11.8 Å². The molecular formula is C17H27N3. The molecule has 3 unspecified atom stereocenters. The number of imidazole rings is 1. The lowest BCUT2D eigenvalue weighted by Gasteiger charge is -2.31. The van der Waals surface area contributed by atoms with Crippen LogP contribution in [0, 0.1) is 11.8 Å². The fourth-order valence-corrected chi connectivity index (χ4v) is 4.75. The predicted molar refractivity (Wildman–Crippen MR) is 80.8 cm³/mol. The molecule has 110 valence electrons. The molecule has 20 heavy (non-hydrogen) atoms. The van der Waals surface area contributed by atoms with Gasteiger partial charge in [-0.15, -0.1) is 0 Å². The molecule has 2 saturated carbocycles. The minimum Gasteiger partial charge on any atom is -0.328 e. The Morgan fingerprint density at radius 2 is 2.05 bits per heavy atom. The summed E-state index contributed by atoms with van der Waals surface area (Å²) in [5, 5.41) is 3.48. The summed E-state index contributed by atoms with van der Waals surface area (Å²) in [6, 6.07) is 0.748. The van der Waals surface area contributed by atoms with Gasteiger partial charge in [0.2, 0.25) is 0 Å². The molecule has 0 radical (unpaired) electrons. The first-order valence-corrected chi connectivity index (χ1v) is 8.35. The van der Waals surface area contributed by atoms with Gasteiger partial charge >= 0.3 is 0 Å². The van der Waals surface area contributed by atoms with Gasteiger partial charge in [0.15, 0.2) is 0 Å². The van der Waals surface area contributed by atoms with Crippen LogP contribution in [0.2, 0.25) is 0 Å². The minimum absolute atomic E-state index is 0.152. The largest absolute Gasteiger partial charge is 0.328 e. The second kappa shape index (κ2) is 4.33. The summed E-state index contributed by atoms with van der Waals surface area (Å²) in [4.78, 5) is 5.05. The Balaban J connectivity index is 1.82. The van der Waals surface area contributed by atoms with Crippen molar-refractivity contribution >= 4 is 0 Å². The Hall–Kier alpha value is -0.830. The van der Waals surface area contributed by atoms with E-state index >= 15 is 0 Å². The molecule has 2 aliphatic carbocycles. The number of aromatic nitrogens is 2. The van der Waals surface area contributed by atoms with Crippen LogP contribution in [0.1, 0.15) is 69.7 Å². The highest BCUT2D eigenvalue weighted by molar-refractivity contribution is 5.25. The van der Waals surface area contributed by atoms with Gasteiger partial charge in [0.05, 0.1) is 5.69 Å². The highest BCUT2D eigenvalue weighted by Crippen LogP contribution is 2.52. The molecule has 0 amide bonds. The van der Waals surface area contributed by atoms with Crippen LogP contribution in [0.5, 0.6) is 0 Å². The van der Waals surface area contributed by atoms with E-state index in [9.17, 15) is 0 Å². The standard InChI is InChI=1S/C17H27N3/c1-17(2,3)16-19-13-10-18-7-6-14(13)20(16)15-9-11-4-5-12(15)8-11/h11-12,15,18H,4-10H2,1-3H3. The number of hydrogen-bond donors (Lipinski definition) is 1. The minimum atomic E-state index is 0.152. The third kappa shape index (κ3) is 1.86. The molecule has 4 rings (SSSR count). The van der Waals surface area contributed by atoms with E-state index in [1.54, 1.807) is 5.69 Å². The van der Waals surface area contributed by atoms with Crippen molar-refractivity contribution in [2.45, 2.75) is 70.9 Å². The summed E-state index contributed by atoms with van der Waals surface area (Å²) in [6.45, 7) is 9.03. The molecular weight excluding hydrogens is 246 g/mol. The van der Waals surface area contributed by atoms with Crippen LogP contribution in [0.4, 0.5) is 0 Å². The third-order valence-corrected chi connectivity index (χ3v) is 5.63. The van der Waals surface area contributed by atoms with Gasteiger partial charge in [-0.3, -0.25) is 0 Å². The maximum atomic E-state index is 5.05. The zero-order valence-corrected chi connectivity index (χ0v) is 13.1. The lowest BCUT2D eigenvalue weighted by Crippen LogP contribution is -2.29. The summed E-state index contributed by atoms with van der Waals surface area (Å²) in [6.07, 6.45) is 6.96. The number of nitrogens with one attached hydrogen (secondary N) is 1. The van der Waals surface area contributed by atoms with E-state index < -0.39 is 0 Å². The van der Waals surface area contributed by atoms with Crippen molar-refractivity contribution < 1.29 is 0 Å². The second-order valence-electron chi connectivity index (χ2n) is 8.12. The molecule has 0 aromatic carbocycles. The molecule has 3 aliphatic rings. The Bertz CT molecular complexity index is 523. The average molecular weight is 273 g/mol. The molecule has 2 heterocycles. The number of hydrogen-bond acceptors (Lipinski definition) is 2. The van der Waals surface area contributed by atoms with E-state index in [4.69, 9.17) is 4.98 Å². The molecule has 3 nitrogen and oxygen atoms in total. The SMILES string of the molecule is CC(C)(C)c1nc2c(n1C1CC3CCC1C3)CCNC2. The molecule has 2 fully saturated rings. The number of nitrogens with zero attached hydrogens (tertiary/aromatic N) is 2. The van der Waals surface area contributed by atoms with Gasteiger partial charge in [-0.2, -0.15) is 0 Å². The molecule has 3 atom stereocenters. The fraction of sp³-hybridized carbons (Fsp3) is 0.824. The van der Waals surface area contributed by atoms with Crippen molar-refractivity contribution in [3.05, 3.63) is 17.2 Å². The quantitative estimate of drug-likeness (QED) is 0.851. The van der Waals surface area contributed by atoms with E-state index in [1.807, 2.05) is 0 Å². The number of fused-ring (bicyclic) bond motifs is 3. The first kappa shape index (κ1) is 12.9. The van der Waals surface area contributed by atoms with Crippen molar-refractivity contribution in [3.8, 4) is 0 Å². The van der Waals surface area contributed by atoms with Crippen LogP contribution in [0.15, 0.2) is 0 Å². The van der Waals surface area contributed by atoms with Crippen LogP contribution in [0.3, 0.4) is 0 Å². The van der Waals surface area contributed by atoms with Gasteiger partial charge in [-0.1, -0.05) is 27.2 Å². The highest BCUT2D eigenvalue weighted by atomic mass is 15.2. The maximum Gasteiger partial charge on any atom is 0.114 e. The molecule has 0 saturated heterocycles. The van der Waals surface area contributed by atoms with E-state index in [1.165, 1.54) is 37.2 Å². The zero-order chi connectivity index (χ0) is 13.9. The topological polar surface area (TPSA) is 29.9 Å². The third-order valence-electron chi connectivity index (χ3n) is 5.63. The zero-order valence-electron chi connectivity index (χ0n) is 13.1. The van der Waals surface area contributed by atoms with Crippen molar-refractivity contribution in [1.82, 2.24) is 14.9 Å². The average Bonchev–Trinajstić information content (AvgIpc) is 3.10. The van der Waals surface area contributed by atoms with Crippen LogP contribution in [-0.4, -0.2) is 16.1 Å². The van der Waals surface area contributed by atoms with Gasteiger partial charge in [0, 0.05) is 36.7 Å². The first-order chi connectivity index (χ1) is 9.54. The Morgan fingerprint density at radius 3 is 2.70 bits per heavy atom. The second-order valence-corrected chi connectivity index (χ2v) is 8.12. The normalized spacial score (nSPS) is 32.6. The van der Waals surface area contributed by atoms with Crippen molar-refractivity contribution in [3.63, 3.8) is 0 Å². The summed E-state index contributed by atoms with van der Waals surface area (Å²) < 4.78 is 2.69. The van der Waals surface area contributed by atoms with Gasteiger partial charge in [-0.25, -0.2) is 4.98 Å². The lowest BCUT2D eigenvalue weighted by atomic mass is 9.91. The van der Waals surface area contributed by atoms with Gasteiger partial charge in [-0.05, 0) is 31.1 Å². The Kier molecular flexibility index (Phi) is 2.79. The molecule has 2 bridgehead atoms. The number of rotatable bonds is 1. The summed E-state index contributed by atoms with van der Waals surface area (Å²) >= 11 is 0. The lowest BCUT2D eigenvalue weighted by molar-refractivity contribution is 0.302. The molecule has 1 aromatic heterocycles. The summed E-state index contributed by atoms with van der Waals surface area (Å²) in [5.74, 6) is 3.26. The van der Waals surface area contributed by atoms with E-state index in [0.29, 0.717) is 0 Å². The summed E-state index contributed by atoms with van der Waals surface area (Å²) in [7, 11) is 0. The van der Waals surface area contributed by atoms with Gasteiger partial charge in [0.1, 0.15) is 5.82 Å². The monoisotopic (exact) mass is 273 g/mol. The van der Waals surface area contributed by atoms with Gasteiger partial charge in [0.25, 0.3) is 0 Å². The molecule has 0 spiro atoms. The Labute approximate surface area is 122 Å². The van der Waals surface area contributed by atoms with Crippen LogP contribution < -0.4 is 5.32 Å². The maximum absolute atomic E-state index is 5.05.